The van der Waals surface area contributed by atoms with Gasteiger partial charge in [0.15, 0.2) is 0 Å². The van der Waals surface area contributed by atoms with Crippen molar-refractivity contribution < 1.29 is 30.5 Å². The van der Waals surface area contributed by atoms with Crippen molar-refractivity contribution in [3.05, 3.63) is 119 Å². The predicted molar refractivity (Wildman–Crippen MR) is 127 cm³/mol. The van der Waals surface area contributed by atoms with Crippen LogP contribution in [0.25, 0.3) is 10.5 Å². The second-order valence-corrected chi connectivity index (χ2v) is 8.78. The Balaban J connectivity index is 0.00000118. The number of fused-ring (bicyclic) bond motifs is 1. The van der Waals surface area contributed by atoms with Crippen LogP contribution in [0, 0.1) is 7.43 Å². The van der Waals surface area contributed by atoms with Crippen molar-refractivity contribution in [1.82, 2.24) is 0 Å². The van der Waals surface area contributed by atoms with Crippen LogP contribution >= 0.6 is 9.69 Å². The fourth-order valence-electron chi connectivity index (χ4n) is 3.56. The number of sulfonamides is 1. The van der Waals surface area contributed by atoms with Gasteiger partial charge >= 0.3 is 27.0 Å². The predicted octanol–water partition coefficient (Wildman–Crippen LogP) is 6.50. The summed E-state index contributed by atoms with van der Waals surface area (Å²) >= 11 is 1.82. The third-order valence-electron chi connectivity index (χ3n) is 4.99. The van der Waals surface area contributed by atoms with Crippen LogP contribution in [0.15, 0.2) is 78.9 Å². The summed E-state index contributed by atoms with van der Waals surface area (Å²) in [6.45, 7) is 0.629. The summed E-state index contributed by atoms with van der Waals surface area (Å²) < 4.78 is 35.6. The van der Waals surface area contributed by atoms with Crippen LogP contribution in [0.1, 0.15) is 34.3 Å². The van der Waals surface area contributed by atoms with Gasteiger partial charge in [-0.05, 0) is 17.2 Å². The molecular formula is C24H25ClN2O3RuS. The van der Waals surface area contributed by atoms with Gasteiger partial charge in [-0.2, -0.15) is 0 Å². The molecule has 170 valence electrons. The summed E-state index contributed by atoms with van der Waals surface area (Å²) in [6.07, 6.45) is 0.788. The van der Waals surface area contributed by atoms with Crippen molar-refractivity contribution in [3.8, 4) is 5.75 Å². The molecule has 0 fully saturated rings. The number of nitrogens with zero attached hydrogens (tertiary/aromatic N) is 1. The zero-order valence-corrected chi connectivity index (χ0v) is 20.9. The molecule has 0 bridgehead atoms. The maximum Gasteiger partial charge on any atom is 0.122 e. The van der Waals surface area contributed by atoms with E-state index in [9.17, 15) is 8.42 Å². The van der Waals surface area contributed by atoms with E-state index in [0.717, 1.165) is 23.3 Å². The van der Waals surface area contributed by atoms with Crippen LogP contribution in [-0.2, 0) is 39.5 Å². The second kappa shape index (κ2) is 12.5. The van der Waals surface area contributed by atoms with E-state index in [1.54, 1.807) is 6.07 Å². The Bertz CT molecular complexity index is 1080. The molecule has 0 aromatic heterocycles. The van der Waals surface area contributed by atoms with Crippen molar-refractivity contribution in [2.45, 2.75) is 24.3 Å². The van der Waals surface area contributed by atoms with Crippen LogP contribution in [0.4, 0.5) is 0 Å². The fraction of sp³-hybridized carbons (Fsp3) is 0.208. The summed E-state index contributed by atoms with van der Waals surface area (Å²) in [5.41, 5.74) is 11.8. The Morgan fingerprint density at radius 3 is 2.19 bits per heavy atom. The van der Waals surface area contributed by atoms with Gasteiger partial charge in [0.2, 0.25) is 0 Å². The van der Waals surface area contributed by atoms with Crippen LogP contribution in [0.5, 0.6) is 5.75 Å². The smallest absolute Gasteiger partial charge is 0.122 e. The number of halogens is 1. The zero-order chi connectivity index (χ0) is 22.3. The summed E-state index contributed by atoms with van der Waals surface area (Å²) in [5.74, 6) is 0.631. The van der Waals surface area contributed by atoms with Crippen LogP contribution in [-0.4, -0.2) is 15.0 Å². The summed E-state index contributed by atoms with van der Waals surface area (Å²) in [7, 11) is 0.781. The molecule has 2 unspecified atom stereocenters. The summed E-state index contributed by atoms with van der Waals surface area (Å²) in [6, 6.07) is 22.2. The minimum absolute atomic E-state index is 0. The Morgan fingerprint density at radius 1 is 0.969 bits per heavy atom. The molecule has 3 aromatic rings. The molecule has 0 saturated carbocycles. The molecule has 1 N–H and O–H groups in total. The van der Waals surface area contributed by atoms with Gasteiger partial charge in [-0.1, -0.05) is 83.9 Å². The zero-order valence-electron chi connectivity index (χ0n) is 17.6. The van der Waals surface area contributed by atoms with E-state index in [1.165, 1.54) is 0 Å². The second-order valence-electron chi connectivity index (χ2n) is 7.12. The average Bonchev–Trinajstić information content (AvgIpc) is 3.27. The fourth-order valence-corrected chi connectivity index (χ4v) is 4.82. The molecular weight excluding hydrogens is 533 g/mol. The molecule has 0 amide bonds. The third kappa shape index (κ3) is 6.87. The Morgan fingerprint density at radius 2 is 1.56 bits per heavy atom. The van der Waals surface area contributed by atoms with Crippen molar-refractivity contribution in [1.29, 1.82) is 0 Å². The molecule has 3 aromatic carbocycles. The number of hydrogen-bond donors (Lipinski definition) is 0. The molecule has 4 rings (SSSR count). The molecule has 0 radical (unpaired) electrons. The number of nitrogens with one attached hydrogen (secondary N) is 1. The molecule has 32 heavy (non-hydrogen) atoms. The third-order valence-corrected chi connectivity index (χ3v) is 6.24. The van der Waals surface area contributed by atoms with E-state index in [2.05, 4.69) is 14.4 Å². The van der Waals surface area contributed by atoms with Gasteiger partial charge in [-0.3, -0.25) is 0 Å². The topological polar surface area (TPSA) is 81.3 Å². The molecule has 2 atom stereocenters. The van der Waals surface area contributed by atoms with E-state index in [0.29, 0.717) is 17.7 Å². The van der Waals surface area contributed by atoms with E-state index in [4.69, 9.17) is 10.5 Å². The van der Waals surface area contributed by atoms with Crippen molar-refractivity contribution >= 4 is 19.7 Å². The van der Waals surface area contributed by atoms with E-state index in [1.807, 2.05) is 90.1 Å². The van der Waals surface area contributed by atoms with Gasteiger partial charge in [-0.25, -0.2) is 8.42 Å². The number of rotatable bonds is 7. The number of hydrogen-bond acceptors (Lipinski definition) is 3. The van der Waals surface area contributed by atoms with E-state index < -0.39 is 22.1 Å². The molecule has 5 nitrogen and oxygen atoms in total. The average molecular weight is 558 g/mol. The molecule has 1 aliphatic heterocycles. The van der Waals surface area contributed by atoms with Gasteiger partial charge in [-0.15, -0.1) is 12.1 Å². The SMILES string of the molecule is [CH3-].[Cl][Ru+3].[NH-]C(c1ccccc1)C([N-]S(=O)(=O)Cc1ccc2c(c1)CCO2)c1ccccc1. The summed E-state index contributed by atoms with van der Waals surface area (Å²) in [5, 5.41) is 0. The summed E-state index contributed by atoms with van der Waals surface area (Å²) in [4.78, 5) is 0. The Labute approximate surface area is 205 Å². The van der Waals surface area contributed by atoms with Crippen molar-refractivity contribution in [2.24, 2.45) is 0 Å². The van der Waals surface area contributed by atoms with Gasteiger partial charge in [0.25, 0.3) is 0 Å². The normalized spacial score (nSPS) is 14.1. The first-order valence-corrected chi connectivity index (χ1v) is 13.5. The van der Waals surface area contributed by atoms with E-state index >= 15 is 0 Å². The standard InChI is InChI=1S/C23H22N2O3S.CH3.ClH.Ru/c24-22(18-7-3-1-4-8-18)23(19-9-5-2-6-10-19)25-29(26,27)16-17-11-12-21-20(15-17)13-14-28-21;;;/h1-12,15,22-24H,13-14,16H2;1H3;1H;/q-2;-1;;+4/p-1. The Kier molecular flexibility index (Phi) is 10.3. The quantitative estimate of drug-likeness (QED) is 0.246. The van der Waals surface area contributed by atoms with Crippen LogP contribution < -0.4 is 4.74 Å². The first-order chi connectivity index (χ1) is 15.0. The first kappa shape index (κ1) is 26.5. The molecule has 1 aliphatic rings. The van der Waals surface area contributed by atoms with Crippen molar-refractivity contribution in [3.63, 3.8) is 0 Å². The van der Waals surface area contributed by atoms with Gasteiger partial charge in [0.05, 0.1) is 22.4 Å². The molecule has 0 spiro atoms. The number of ether oxygens (including phenoxy) is 1. The first-order valence-electron chi connectivity index (χ1n) is 9.66. The molecule has 0 saturated heterocycles. The number of benzene rings is 3. The minimum Gasteiger partial charge on any atom is -0.672 e. The monoisotopic (exact) mass is 558 g/mol. The molecule has 8 heteroatoms. The largest absolute Gasteiger partial charge is 0.672 e. The molecule has 0 aliphatic carbocycles. The minimum atomic E-state index is -3.79. The van der Waals surface area contributed by atoms with Gasteiger partial charge in [0, 0.05) is 6.42 Å². The van der Waals surface area contributed by atoms with Crippen LogP contribution in [0.3, 0.4) is 0 Å². The Hall–Kier alpha value is -1.76. The van der Waals surface area contributed by atoms with E-state index in [-0.39, 0.29) is 13.2 Å². The van der Waals surface area contributed by atoms with Crippen LogP contribution in [0.2, 0.25) is 0 Å². The van der Waals surface area contributed by atoms with Gasteiger partial charge < -0.3 is 22.6 Å². The van der Waals surface area contributed by atoms with Crippen molar-refractivity contribution in [2.75, 3.05) is 6.61 Å². The maximum atomic E-state index is 12.9. The van der Waals surface area contributed by atoms with Gasteiger partial charge in [0.1, 0.15) is 5.75 Å². The molecule has 1 heterocycles. The maximum absolute atomic E-state index is 12.9.